The Bertz CT molecular complexity index is 554. The monoisotopic (exact) mass is 328 g/mol. The summed E-state index contributed by atoms with van der Waals surface area (Å²) in [5.41, 5.74) is 2.99. The summed E-state index contributed by atoms with van der Waals surface area (Å²) in [6, 6.07) is 8.05. The van der Waals surface area contributed by atoms with Crippen LogP contribution in [-0.4, -0.2) is 9.78 Å². The molecule has 0 spiro atoms. The van der Waals surface area contributed by atoms with Gasteiger partial charge in [0.15, 0.2) is 0 Å². The summed E-state index contributed by atoms with van der Waals surface area (Å²) in [6.45, 7) is 2.97. The summed E-state index contributed by atoms with van der Waals surface area (Å²) < 4.78 is 8.39. The fourth-order valence-corrected chi connectivity index (χ4v) is 2.41. The van der Waals surface area contributed by atoms with Gasteiger partial charge in [-0.2, -0.15) is 5.10 Å². The number of ether oxygens (including phenoxy) is 1. The Labute approximate surface area is 120 Å². The Morgan fingerprint density at radius 2 is 2.17 bits per heavy atom. The second kappa shape index (κ2) is 5.87. The fourth-order valence-electron chi connectivity index (χ4n) is 1.74. The molecule has 0 radical (unpaired) electrons. The third kappa shape index (κ3) is 3.13. The standard InChI is InChI=1S/C13H14BrClN2O/c1-9-12(13(15)17(2)16-9)8-18-7-10-4-3-5-11(14)6-10/h3-6H,7-8H2,1-2H3. The Hall–Kier alpha value is -0.840. The molecule has 0 fully saturated rings. The Morgan fingerprint density at radius 3 is 2.78 bits per heavy atom. The van der Waals surface area contributed by atoms with Crippen LogP contribution in [0.25, 0.3) is 0 Å². The Balaban J connectivity index is 1.96. The van der Waals surface area contributed by atoms with E-state index in [1.54, 1.807) is 4.68 Å². The van der Waals surface area contributed by atoms with Crippen LogP contribution >= 0.6 is 27.5 Å². The van der Waals surface area contributed by atoms with Crippen molar-refractivity contribution in [3.05, 3.63) is 50.7 Å². The molecule has 96 valence electrons. The van der Waals surface area contributed by atoms with Gasteiger partial charge in [-0.25, -0.2) is 0 Å². The zero-order chi connectivity index (χ0) is 13.1. The van der Waals surface area contributed by atoms with E-state index in [-0.39, 0.29) is 0 Å². The van der Waals surface area contributed by atoms with E-state index in [0.29, 0.717) is 18.4 Å². The van der Waals surface area contributed by atoms with Crippen molar-refractivity contribution in [3.63, 3.8) is 0 Å². The molecule has 0 aliphatic carbocycles. The predicted octanol–water partition coefficient (Wildman–Crippen LogP) is 3.86. The van der Waals surface area contributed by atoms with Crippen molar-refractivity contribution >= 4 is 27.5 Å². The van der Waals surface area contributed by atoms with Crippen LogP contribution < -0.4 is 0 Å². The largest absolute Gasteiger partial charge is 0.372 e. The molecule has 0 aliphatic rings. The first-order valence-corrected chi connectivity index (χ1v) is 6.75. The Morgan fingerprint density at radius 1 is 1.39 bits per heavy atom. The highest BCUT2D eigenvalue weighted by atomic mass is 79.9. The summed E-state index contributed by atoms with van der Waals surface area (Å²) in [6.07, 6.45) is 0. The molecule has 0 unspecified atom stereocenters. The molecule has 0 N–H and O–H groups in total. The van der Waals surface area contributed by atoms with Gasteiger partial charge in [0, 0.05) is 17.1 Å². The number of rotatable bonds is 4. The number of hydrogen-bond donors (Lipinski definition) is 0. The number of hydrogen-bond acceptors (Lipinski definition) is 2. The van der Waals surface area contributed by atoms with Gasteiger partial charge in [-0.3, -0.25) is 4.68 Å². The van der Waals surface area contributed by atoms with Gasteiger partial charge >= 0.3 is 0 Å². The summed E-state index contributed by atoms with van der Waals surface area (Å²) >= 11 is 9.57. The van der Waals surface area contributed by atoms with E-state index >= 15 is 0 Å². The zero-order valence-corrected chi connectivity index (χ0v) is 12.6. The van der Waals surface area contributed by atoms with E-state index < -0.39 is 0 Å². The average Bonchev–Trinajstić information content (AvgIpc) is 2.56. The highest BCUT2D eigenvalue weighted by Crippen LogP contribution is 2.20. The molecule has 5 heteroatoms. The van der Waals surface area contributed by atoms with Gasteiger partial charge in [0.1, 0.15) is 5.15 Å². The van der Waals surface area contributed by atoms with Crippen molar-refractivity contribution in [1.29, 1.82) is 0 Å². The number of benzene rings is 1. The molecule has 0 atom stereocenters. The molecule has 0 bridgehead atoms. The smallest absolute Gasteiger partial charge is 0.132 e. The van der Waals surface area contributed by atoms with Gasteiger partial charge in [-0.1, -0.05) is 39.7 Å². The van der Waals surface area contributed by atoms with Crippen molar-refractivity contribution in [2.24, 2.45) is 7.05 Å². The van der Waals surface area contributed by atoms with Crippen LogP contribution in [0.5, 0.6) is 0 Å². The summed E-state index contributed by atoms with van der Waals surface area (Å²) in [7, 11) is 1.83. The quantitative estimate of drug-likeness (QED) is 0.851. The summed E-state index contributed by atoms with van der Waals surface area (Å²) in [5, 5.41) is 4.89. The zero-order valence-electron chi connectivity index (χ0n) is 10.3. The first-order chi connectivity index (χ1) is 8.58. The third-order valence-corrected chi connectivity index (χ3v) is 3.64. The van der Waals surface area contributed by atoms with Gasteiger partial charge in [0.2, 0.25) is 0 Å². The number of aryl methyl sites for hydroxylation is 2. The van der Waals surface area contributed by atoms with Gasteiger partial charge in [0.25, 0.3) is 0 Å². The fraction of sp³-hybridized carbons (Fsp3) is 0.308. The molecule has 18 heavy (non-hydrogen) atoms. The second-order valence-corrected chi connectivity index (χ2v) is 5.37. The van der Waals surface area contributed by atoms with E-state index in [4.69, 9.17) is 16.3 Å². The van der Waals surface area contributed by atoms with E-state index in [1.807, 2.05) is 38.2 Å². The van der Waals surface area contributed by atoms with Crippen molar-refractivity contribution in [1.82, 2.24) is 9.78 Å². The van der Waals surface area contributed by atoms with Gasteiger partial charge in [0.05, 0.1) is 18.9 Å². The van der Waals surface area contributed by atoms with Crippen molar-refractivity contribution in [3.8, 4) is 0 Å². The van der Waals surface area contributed by atoms with E-state index in [2.05, 4.69) is 21.0 Å². The first-order valence-electron chi connectivity index (χ1n) is 5.58. The van der Waals surface area contributed by atoms with Gasteiger partial charge < -0.3 is 4.74 Å². The van der Waals surface area contributed by atoms with Crippen LogP contribution in [0.4, 0.5) is 0 Å². The molecule has 0 saturated carbocycles. The van der Waals surface area contributed by atoms with Crippen molar-refractivity contribution < 1.29 is 4.74 Å². The lowest BCUT2D eigenvalue weighted by atomic mass is 10.2. The normalized spacial score (nSPS) is 10.9. The molecule has 2 aromatic rings. The maximum Gasteiger partial charge on any atom is 0.132 e. The molecule has 0 aliphatic heterocycles. The lowest BCUT2D eigenvalue weighted by molar-refractivity contribution is 0.107. The molecular weight excluding hydrogens is 316 g/mol. The van der Waals surface area contributed by atoms with Crippen LogP contribution in [0.15, 0.2) is 28.7 Å². The van der Waals surface area contributed by atoms with Crippen LogP contribution in [0.2, 0.25) is 5.15 Å². The number of nitrogens with zero attached hydrogens (tertiary/aromatic N) is 2. The predicted molar refractivity (Wildman–Crippen MR) is 75.6 cm³/mol. The number of aromatic nitrogens is 2. The highest BCUT2D eigenvalue weighted by Gasteiger charge is 2.10. The summed E-state index contributed by atoms with van der Waals surface area (Å²) in [4.78, 5) is 0. The maximum absolute atomic E-state index is 6.13. The molecule has 3 nitrogen and oxygen atoms in total. The first kappa shape index (κ1) is 13.6. The van der Waals surface area contributed by atoms with Crippen LogP contribution in [0.1, 0.15) is 16.8 Å². The number of halogens is 2. The van der Waals surface area contributed by atoms with Crippen molar-refractivity contribution in [2.45, 2.75) is 20.1 Å². The third-order valence-electron chi connectivity index (χ3n) is 2.67. The minimum atomic E-state index is 0.477. The van der Waals surface area contributed by atoms with Gasteiger partial charge in [-0.05, 0) is 24.6 Å². The highest BCUT2D eigenvalue weighted by molar-refractivity contribution is 9.10. The minimum absolute atomic E-state index is 0.477. The van der Waals surface area contributed by atoms with Crippen LogP contribution in [0.3, 0.4) is 0 Å². The molecule has 1 aromatic heterocycles. The SMILES string of the molecule is Cc1nn(C)c(Cl)c1COCc1cccc(Br)c1. The van der Waals surface area contributed by atoms with E-state index in [1.165, 1.54) is 0 Å². The molecule has 0 amide bonds. The lowest BCUT2D eigenvalue weighted by Crippen LogP contribution is -1.95. The van der Waals surface area contributed by atoms with E-state index in [9.17, 15) is 0 Å². The molecule has 2 rings (SSSR count). The van der Waals surface area contributed by atoms with E-state index in [0.717, 1.165) is 21.3 Å². The van der Waals surface area contributed by atoms with Crippen molar-refractivity contribution in [2.75, 3.05) is 0 Å². The second-order valence-electron chi connectivity index (χ2n) is 4.10. The topological polar surface area (TPSA) is 27.1 Å². The molecular formula is C13H14BrClN2O. The molecule has 1 heterocycles. The molecule has 1 aromatic carbocycles. The van der Waals surface area contributed by atoms with Crippen LogP contribution in [0, 0.1) is 6.92 Å². The average molecular weight is 330 g/mol. The van der Waals surface area contributed by atoms with Crippen LogP contribution in [-0.2, 0) is 25.0 Å². The lowest BCUT2D eigenvalue weighted by Gasteiger charge is -2.05. The molecule has 0 saturated heterocycles. The summed E-state index contributed by atoms with van der Waals surface area (Å²) in [5.74, 6) is 0. The maximum atomic E-state index is 6.13. The Kier molecular flexibility index (Phi) is 4.43. The van der Waals surface area contributed by atoms with Gasteiger partial charge in [-0.15, -0.1) is 0 Å². The minimum Gasteiger partial charge on any atom is -0.372 e.